The number of rotatable bonds is 1. The quantitative estimate of drug-likeness (QED) is 0.765. The Bertz CT molecular complexity index is 568. The van der Waals surface area contributed by atoms with Crippen molar-refractivity contribution in [2.24, 2.45) is 5.10 Å². The van der Waals surface area contributed by atoms with Gasteiger partial charge in [0.25, 0.3) is 10.0 Å². The number of nitrogens with zero attached hydrogens (tertiary/aromatic N) is 2. The minimum Gasteiger partial charge on any atom is -0.495 e. The lowest BCUT2D eigenvalue weighted by atomic mass is 10.2. The summed E-state index contributed by atoms with van der Waals surface area (Å²) in [5.74, 6) is 0.327. The molecule has 7 heteroatoms. The van der Waals surface area contributed by atoms with E-state index in [-0.39, 0.29) is 9.92 Å². The maximum atomic E-state index is 12.0. The van der Waals surface area contributed by atoms with Gasteiger partial charge in [-0.1, -0.05) is 11.6 Å². The van der Waals surface area contributed by atoms with Crippen LogP contribution in [-0.2, 0) is 10.0 Å². The number of benzene rings is 1. The van der Waals surface area contributed by atoms with E-state index >= 15 is 0 Å². The number of methoxy groups -OCH3 is 1. The molecule has 0 saturated carbocycles. The van der Waals surface area contributed by atoms with Gasteiger partial charge < -0.3 is 4.74 Å². The van der Waals surface area contributed by atoms with Gasteiger partial charge in [0, 0.05) is 12.6 Å². The van der Waals surface area contributed by atoms with Crippen molar-refractivity contribution in [1.29, 1.82) is 0 Å². The SMILES string of the molecule is COc1ccc2c(c1Cl)S(=O)(=O)N(C)N=C2. The van der Waals surface area contributed by atoms with Crippen molar-refractivity contribution in [3.05, 3.63) is 22.7 Å². The molecule has 0 saturated heterocycles. The van der Waals surface area contributed by atoms with Crippen LogP contribution in [0.3, 0.4) is 0 Å². The number of halogens is 1. The second kappa shape index (κ2) is 3.64. The van der Waals surface area contributed by atoms with E-state index in [4.69, 9.17) is 16.3 Å². The van der Waals surface area contributed by atoms with Crippen molar-refractivity contribution < 1.29 is 13.2 Å². The minimum atomic E-state index is -3.66. The van der Waals surface area contributed by atoms with E-state index in [9.17, 15) is 8.42 Å². The third kappa shape index (κ3) is 1.45. The summed E-state index contributed by atoms with van der Waals surface area (Å²) < 4.78 is 29.8. The van der Waals surface area contributed by atoms with Crippen molar-refractivity contribution in [1.82, 2.24) is 4.41 Å². The number of sulfonamides is 1. The van der Waals surface area contributed by atoms with Crippen molar-refractivity contribution in [3.8, 4) is 5.75 Å². The second-order valence-electron chi connectivity index (χ2n) is 3.18. The van der Waals surface area contributed by atoms with E-state index in [2.05, 4.69) is 5.10 Å². The van der Waals surface area contributed by atoms with Crippen molar-refractivity contribution >= 4 is 27.8 Å². The van der Waals surface area contributed by atoms with Gasteiger partial charge in [-0.3, -0.25) is 0 Å². The Morgan fingerprint density at radius 2 is 2.12 bits per heavy atom. The van der Waals surface area contributed by atoms with Crippen LogP contribution < -0.4 is 4.74 Å². The number of ether oxygens (including phenoxy) is 1. The van der Waals surface area contributed by atoms with Gasteiger partial charge in [-0.2, -0.15) is 17.9 Å². The molecule has 0 bridgehead atoms. The molecule has 1 heterocycles. The fourth-order valence-corrected chi connectivity index (χ4v) is 3.13. The Morgan fingerprint density at radius 1 is 1.44 bits per heavy atom. The zero-order chi connectivity index (χ0) is 11.9. The summed E-state index contributed by atoms with van der Waals surface area (Å²) in [6.45, 7) is 0. The van der Waals surface area contributed by atoms with Gasteiger partial charge in [-0.25, -0.2) is 0 Å². The highest BCUT2D eigenvalue weighted by molar-refractivity contribution is 7.89. The Kier molecular flexibility index (Phi) is 2.55. The first-order valence-corrected chi connectivity index (χ1v) is 6.19. The molecular formula is C9H9ClN2O3S. The molecule has 0 radical (unpaired) electrons. The molecular weight excluding hydrogens is 252 g/mol. The van der Waals surface area contributed by atoms with E-state index in [1.54, 1.807) is 12.1 Å². The highest BCUT2D eigenvalue weighted by atomic mass is 35.5. The molecule has 0 amide bonds. The van der Waals surface area contributed by atoms with Crippen LogP contribution in [0.25, 0.3) is 0 Å². The van der Waals surface area contributed by atoms with E-state index in [0.717, 1.165) is 4.41 Å². The molecule has 0 unspecified atom stereocenters. The molecule has 0 N–H and O–H groups in total. The molecule has 16 heavy (non-hydrogen) atoms. The van der Waals surface area contributed by atoms with Gasteiger partial charge in [-0.05, 0) is 12.1 Å². The lowest BCUT2D eigenvalue weighted by molar-refractivity contribution is 0.413. The summed E-state index contributed by atoms with van der Waals surface area (Å²) in [5.41, 5.74) is 0.462. The lowest BCUT2D eigenvalue weighted by Gasteiger charge is -2.21. The van der Waals surface area contributed by atoms with E-state index < -0.39 is 10.0 Å². The molecule has 0 aromatic heterocycles. The first kappa shape index (κ1) is 11.2. The van der Waals surface area contributed by atoms with Crippen LogP contribution >= 0.6 is 11.6 Å². The Morgan fingerprint density at radius 3 is 2.75 bits per heavy atom. The van der Waals surface area contributed by atoms with Crippen molar-refractivity contribution in [2.45, 2.75) is 4.90 Å². The highest BCUT2D eigenvalue weighted by Gasteiger charge is 2.30. The smallest absolute Gasteiger partial charge is 0.281 e. The number of hydrogen-bond acceptors (Lipinski definition) is 4. The Hall–Kier alpha value is -1.27. The predicted molar refractivity (Wildman–Crippen MR) is 60.5 cm³/mol. The average molecular weight is 261 g/mol. The molecule has 1 aromatic rings. The third-order valence-corrected chi connectivity index (χ3v) is 4.51. The standard InChI is InChI=1S/C9H9ClN2O3S/c1-12-11-5-6-3-4-7(15-2)8(10)9(6)16(12,13)14/h3-5H,1-2H3. The van der Waals surface area contributed by atoms with Gasteiger partial charge >= 0.3 is 0 Å². The van der Waals surface area contributed by atoms with E-state index in [1.165, 1.54) is 20.4 Å². The largest absolute Gasteiger partial charge is 0.495 e. The Labute approximate surface area is 98.3 Å². The highest BCUT2D eigenvalue weighted by Crippen LogP contribution is 2.36. The van der Waals surface area contributed by atoms with Crippen LogP contribution in [0.2, 0.25) is 5.02 Å². The minimum absolute atomic E-state index is 0.0333. The first-order valence-electron chi connectivity index (χ1n) is 4.38. The van der Waals surface area contributed by atoms with E-state index in [0.29, 0.717) is 11.3 Å². The van der Waals surface area contributed by atoms with Gasteiger partial charge in [0.2, 0.25) is 0 Å². The summed E-state index contributed by atoms with van der Waals surface area (Å²) in [4.78, 5) is 0.0333. The van der Waals surface area contributed by atoms with Gasteiger partial charge in [0.15, 0.2) is 0 Å². The van der Waals surface area contributed by atoms with Crippen LogP contribution in [0.4, 0.5) is 0 Å². The molecule has 0 fully saturated rings. The number of fused-ring (bicyclic) bond motifs is 1. The summed E-state index contributed by atoms with van der Waals surface area (Å²) in [6, 6.07) is 3.21. The molecule has 5 nitrogen and oxygen atoms in total. The number of hydrogen-bond donors (Lipinski definition) is 0. The summed E-state index contributed by atoms with van der Waals surface area (Å²) in [7, 11) is -0.877. The molecule has 0 spiro atoms. The molecule has 0 atom stereocenters. The van der Waals surface area contributed by atoms with Crippen molar-refractivity contribution in [3.63, 3.8) is 0 Å². The van der Waals surface area contributed by atoms with E-state index in [1.807, 2.05) is 0 Å². The number of hydrazone groups is 1. The monoisotopic (exact) mass is 260 g/mol. The second-order valence-corrected chi connectivity index (χ2v) is 5.45. The third-order valence-electron chi connectivity index (χ3n) is 2.28. The molecule has 1 aliphatic heterocycles. The van der Waals surface area contributed by atoms with Gasteiger partial charge in [-0.15, -0.1) is 0 Å². The van der Waals surface area contributed by atoms with Crippen LogP contribution in [0.5, 0.6) is 5.75 Å². The molecule has 2 rings (SSSR count). The van der Waals surface area contributed by atoms with Gasteiger partial charge in [0.05, 0.1) is 13.3 Å². The topological polar surface area (TPSA) is 59.0 Å². The Balaban J connectivity index is 2.80. The summed E-state index contributed by atoms with van der Waals surface area (Å²) >= 11 is 5.98. The van der Waals surface area contributed by atoms with Gasteiger partial charge in [0.1, 0.15) is 15.7 Å². The predicted octanol–water partition coefficient (Wildman–Crippen LogP) is 1.32. The maximum Gasteiger partial charge on any atom is 0.281 e. The van der Waals surface area contributed by atoms with Crippen LogP contribution in [0.1, 0.15) is 5.56 Å². The molecule has 86 valence electrons. The molecule has 1 aromatic carbocycles. The summed E-state index contributed by atoms with van der Waals surface area (Å²) in [5, 5.41) is 3.82. The maximum absolute atomic E-state index is 12.0. The summed E-state index contributed by atoms with van der Waals surface area (Å²) in [6.07, 6.45) is 1.45. The zero-order valence-electron chi connectivity index (χ0n) is 8.64. The fraction of sp³-hybridized carbons (Fsp3) is 0.222. The lowest BCUT2D eigenvalue weighted by Crippen LogP contribution is -2.26. The van der Waals surface area contributed by atoms with Crippen LogP contribution in [0, 0.1) is 0 Å². The first-order chi connectivity index (χ1) is 7.48. The average Bonchev–Trinajstić information content (AvgIpc) is 2.24. The molecule has 0 aliphatic carbocycles. The van der Waals surface area contributed by atoms with Crippen molar-refractivity contribution in [2.75, 3.05) is 14.2 Å². The molecule has 1 aliphatic rings. The van der Waals surface area contributed by atoms with Crippen LogP contribution in [0.15, 0.2) is 22.1 Å². The zero-order valence-corrected chi connectivity index (χ0v) is 10.2. The normalized spacial score (nSPS) is 17.1. The fourth-order valence-electron chi connectivity index (χ4n) is 1.41. The van der Waals surface area contributed by atoms with Crippen LogP contribution in [-0.4, -0.2) is 33.2 Å².